The number of H-pyrrole nitrogens is 2. The standard InChI is InChI=1S/C13H9ClN4O2/c1-2-6-3-7(6)8-4-10(17-18-11(8)14)9-5-15-13(20)16-12(9)19/h1,4-7H,3H2,(H2,15,16,19,20)/t6-,7-/m0/s1. The zero-order valence-electron chi connectivity index (χ0n) is 10.2. The second kappa shape index (κ2) is 4.62. The Hall–Kier alpha value is -2.39. The van der Waals surface area contributed by atoms with Crippen LogP contribution in [0.3, 0.4) is 0 Å². The van der Waals surface area contributed by atoms with Crippen LogP contribution in [0, 0.1) is 18.3 Å². The number of nitrogens with one attached hydrogen (secondary N) is 2. The minimum Gasteiger partial charge on any atom is -0.313 e. The number of nitrogens with zero attached hydrogens (tertiary/aromatic N) is 2. The molecule has 6 nitrogen and oxygen atoms in total. The predicted molar refractivity (Wildman–Crippen MR) is 73.4 cm³/mol. The summed E-state index contributed by atoms with van der Waals surface area (Å²) in [5, 5.41) is 8.03. The molecule has 0 radical (unpaired) electrons. The summed E-state index contributed by atoms with van der Waals surface area (Å²) in [6.07, 6.45) is 7.53. The highest BCUT2D eigenvalue weighted by Gasteiger charge is 2.39. The van der Waals surface area contributed by atoms with Gasteiger partial charge in [0, 0.05) is 18.0 Å². The van der Waals surface area contributed by atoms with Crippen molar-refractivity contribution in [2.45, 2.75) is 12.3 Å². The van der Waals surface area contributed by atoms with Crippen LogP contribution in [0.5, 0.6) is 0 Å². The molecule has 0 saturated heterocycles. The first-order valence-electron chi connectivity index (χ1n) is 5.91. The first-order valence-corrected chi connectivity index (χ1v) is 6.29. The zero-order valence-corrected chi connectivity index (χ0v) is 10.9. The van der Waals surface area contributed by atoms with Crippen molar-refractivity contribution in [3.8, 4) is 23.6 Å². The molecule has 100 valence electrons. The normalized spacial score (nSPS) is 20.4. The van der Waals surface area contributed by atoms with Gasteiger partial charge >= 0.3 is 5.69 Å². The largest absolute Gasteiger partial charge is 0.325 e. The minimum absolute atomic E-state index is 0.151. The summed E-state index contributed by atoms with van der Waals surface area (Å²) >= 11 is 6.02. The average Bonchev–Trinajstić information content (AvgIpc) is 3.19. The first kappa shape index (κ1) is 12.6. The maximum Gasteiger partial charge on any atom is 0.325 e. The number of terminal acetylenes is 1. The monoisotopic (exact) mass is 288 g/mol. The topological polar surface area (TPSA) is 91.5 Å². The highest BCUT2D eigenvalue weighted by Crippen LogP contribution is 2.48. The van der Waals surface area contributed by atoms with Gasteiger partial charge in [-0.15, -0.1) is 22.5 Å². The number of aromatic amines is 2. The summed E-state index contributed by atoms with van der Waals surface area (Å²) in [6.45, 7) is 0. The predicted octanol–water partition coefficient (Wildman–Crippen LogP) is 0.910. The van der Waals surface area contributed by atoms with E-state index in [-0.39, 0.29) is 22.6 Å². The Balaban J connectivity index is 2.08. The lowest BCUT2D eigenvalue weighted by Crippen LogP contribution is -2.23. The lowest BCUT2D eigenvalue weighted by Gasteiger charge is -2.04. The van der Waals surface area contributed by atoms with E-state index in [1.54, 1.807) is 6.07 Å². The van der Waals surface area contributed by atoms with Gasteiger partial charge in [-0.05, 0) is 18.1 Å². The van der Waals surface area contributed by atoms with Crippen LogP contribution < -0.4 is 11.2 Å². The quantitative estimate of drug-likeness (QED) is 0.804. The van der Waals surface area contributed by atoms with E-state index in [1.165, 1.54) is 6.20 Å². The Labute approximate surface area is 118 Å². The van der Waals surface area contributed by atoms with Crippen molar-refractivity contribution in [2.24, 2.45) is 5.92 Å². The maximum absolute atomic E-state index is 11.7. The smallest absolute Gasteiger partial charge is 0.313 e. The summed E-state index contributed by atoms with van der Waals surface area (Å²) in [4.78, 5) is 27.3. The van der Waals surface area contributed by atoms with Crippen molar-refractivity contribution >= 4 is 11.6 Å². The molecule has 0 spiro atoms. The Morgan fingerprint density at radius 1 is 1.40 bits per heavy atom. The van der Waals surface area contributed by atoms with E-state index in [2.05, 4.69) is 26.1 Å². The molecule has 3 rings (SSSR count). The zero-order chi connectivity index (χ0) is 14.3. The molecule has 0 aliphatic heterocycles. The van der Waals surface area contributed by atoms with Crippen molar-refractivity contribution in [3.63, 3.8) is 0 Å². The van der Waals surface area contributed by atoms with Gasteiger partial charge in [-0.25, -0.2) is 4.79 Å². The number of aromatic nitrogens is 4. The van der Waals surface area contributed by atoms with E-state index in [0.29, 0.717) is 5.69 Å². The van der Waals surface area contributed by atoms with E-state index in [4.69, 9.17) is 18.0 Å². The van der Waals surface area contributed by atoms with Crippen molar-refractivity contribution < 1.29 is 0 Å². The van der Waals surface area contributed by atoms with Crippen molar-refractivity contribution in [2.75, 3.05) is 0 Å². The summed E-state index contributed by atoms with van der Waals surface area (Å²) in [7, 11) is 0. The molecule has 2 N–H and O–H groups in total. The highest BCUT2D eigenvalue weighted by molar-refractivity contribution is 6.30. The summed E-state index contributed by atoms with van der Waals surface area (Å²) in [5.41, 5.74) is 0.263. The molecule has 0 bridgehead atoms. The second-order valence-electron chi connectivity index (χ2n) is 4.58. The van der Waals surface area contributed by atoms with Crippen LogP contribution in [0.1, 0.15) is 17.9 Å². The van der Waals surface area contributed by atoms with E-state index >= 15 is 0 Å². The number of hydrogen-bond donors (Lipinski definition) is 2. The second-order valence-corrected chi connectivity index (χ2v) is 4.93. The SMILES string of the molecule is C#C[C@H]1C[C@@H]1c1cc(-c2c[nH]c(=O)[nH]c2=O)nnc1Cl. The molecule has 20 heavy (non-hydrogen) atoms. The summed E-state index contributed by atoms with van der Waals surface area (Å²) in [5.74, 6) is 2.98. The van der Waals surface area contributed by atoms with Crippen LogP contribution in [0.4, 0.5) is 0 Å². The lowest BCUT2D eigenvalue weighted by atomic mass is 10.1. The van der Waals surface area contributed by atoms with Gasteiger partial charge in [-0.3, -0.25) is 9.78 Å². The first-order chi connectivity index (χ1) is 9.60. The van der Waals surface area contributed by atoms with Gasteiger partial charge in [0.05, 0.1) is 5.56 Å². The number of rotatable bonds is 2. The molecule has 1 aliphatic rings. The molecule has 1 aliphatic carbocycles. The van der Waals surface area contributed by atoms with Crippen LogP contribution in [0.2, 0.25) is 5.15 Å². The molecule has 2 aromatic rings. The third-order valence-corrected chi connectivity index (χ3v) is 3.57. The molecule has 1 saturated carbocycles. The fourth-order valence-corrected chi connectivity index (χ4v) is 2.34. The van der Waals surface area contributed by atoms with Gasteiger partial charge in [-0.2, -0.15) is 0 Å². The van der Waals surface area contributed by atoms with Gasteiger partial charge in [-0.1, -0.05) is 11.6 Å². The van der Waals surface area contributed by atoms with Crippen molar-refractivity contribution in [3.05, 3.63) is 43.8 Å². The van der Waals surface area contributed by atoms with E-state index < -0.39 is 11.2 Å². The molecule has 0 amide bonds. The van der Waals surface area contributed by atoms with Crippen LogP contribution in [0.25, 0.3) is 11.3 Å². The van der Waals surface area contributed by atoms with Crippen LogP contribution in [-0.4, -0.2) is 20.2 Å². The molecule has 1 fully saturated rings. The Morgan fingerprint density at radius 2 is 2.20 bits per heavy atom. The summed E-state index contributed by atoms with van der Waals surface area (Å²) < 4.78 is 0. The Kier molecular flexibility index (Phi) is 2.92. The van der Waals surface area contributed by atoms with Gasteiger partial charge in [0.2, 0.25) is 0 Å². The molecule has 2 atom stereocenters. The van der Waals surface area contributed by atoms with E-state index in [0.717, 1.165) is 12.0 Å². The molecular formula is C13H9ClN4O2. The van der Waals surface area contributed by atoms with Crippen molar-refractivity contribution in [1.82, 2.24) is 20.2 Å². The molecule has 0 unspecified atom stereocenters. The molecule has 2 heterocycles. The van der Waals surface area contributed by atoms with Gasteiger partial charge in [0.1, 0.15) is 5.69 Å². The number of halogens is 1. The van der Waals surface area contributed by atoms with E-state index in [1.807, 2.05) is 0 Å². The number of hydrogen-bond acceptors (Lipinski definition) is 4. The molecular weight excluding hydrogens is 280 g/mol. The molecule has 7 heteroatoms. The summed E-state index contributed by atoms with van der Waals surface area (Å²) in [6, 6.07) is 1.69. The average molecular weight is 289 g/mol. The van der Waals surface area contributed by atoms with E-state index in [9.17, 15) is 9.59 Å². The fraction of sp³-hybridized carbons (Fsp3) is 0.231. The minimum atomic E-state index is -0.574. The Morgan fingerprint density at radius 3 is 2.85 bits per heavy atom. The fourth-order valence-electron chi connectivity index (χ4n) is 2.11. The van der Waals surface area contributed by atoms with Crippen LogP contribution >= 0.6 is 11.6 Å². The van der Waals surface area contributed by atoms with Crippen LogP contribution in [0.15, 0.2) is 21.9 Å². The highest BCUT2D eigenvalue weighted by atomic mass is 35.5. The molecule has 2 aromatic heterocycles. The molecule has 0 aromatic carbocycles. The lowest BCUT2D eigenvalue weighted by molar-refractivity contribution is 0.954. The van der Waals surface area contributed by atoms with Gasteiger partial charge in [0.25, 0.3) is 5.56 Å². The van der Waals surface area contributed by atoms with Gasteiger partial charge < -0.3 is 4.98 Å². The van der Waals surface area contributed by atoms with Gasteiger partial charge in [0.15, 0.2) is 5.15 Å². The van der Waals surface area contributed by atoms with Crippen molar-refractivity contribution in [1.29, 1.82) is 0 Å². The maximum atomic E-state index is 11.7. The third kappa shape index (κ3) is 2.12. The third-order valence-electron chi connectivity index (χ3n) is 3.28. The Bertz CT molecular complexity index is 833. The van der Waals surface area contributed by atoms with Crippen LogP contribution in [-0.2, 0) is 0 Å².